The molecule has 3 aromatic rings. The molecule has 0 bridgehead atoms. The first-order valence-electron chi connectivity index (χ1n) is 10.4. The molecule has 3 rings (SSSR count). The van der Waals surface area contributed by atoms with E-state index in [1.807, 2.05) is 49.4 Å². The molecule has 1 heterocycles. The van der Waals surface area contributed by atoms with Gasteiger partial charge in [0.15, 0.2) is 0 Å². The van der Waals surface area contributed by atoms with Crippen LogP contribution in [-0.4, -0.2) is 45.5 Å². The molecule has 1 aromatic heterocycles. The van der Waals surface area contributed by atoms with E-state index in [2.05, 4.69) is 10.3 Å². The number of aliphatic hydroxyl groups is 1. The van der Waals surface area contributed by atoms with Crippen molar-refractivity contribution in [2.24, 2.45) is 0 Å². The van der Waals surface area contributed by atoms with Crippen LogP contribution in [0.3, 0.4) is 0 Å². The summed E-state index contributed by atoms with van der Waals surface area (Å²) in [7, 11) is 0. The maximum Gasteiger partial charge on any atom is 0.293 e. The van der Waals surface area contributed by atoms with Gasteiger partial charge in [0, 0.05) is 30.9 Å². The first-order chi connectivity index (χ1) is 15.5. The van der Waals surface area contributed by atoms with E-state index in [-0.39, 0.29) is 36.4 Å². The van der Waals surface area contributed by atoms with Gasteiger partial charge in [-0.3, -0.25) is 19.9 Å². The molecule has 0 aliphatic carbocycles. The fourth-order valence-electron chi connectivity index (χ4n) is 3.40. The summed E-state index contributed by atoms with van der Waals surface area (Å²) in [5.74, 6) is -0.359. The average Bonchev–Trinajstić information content (AvgIpc) is 2.82. The van der Waals surface area contributed by atoms with Crippen LogP contribution in [0.4, 0.5) is 11.4 Å². The van der Waals surface area contributed by atoms with Crippen LogP contribution in [0.2, 0.25) is 0 Å². The van der Waals surface area contributed by atoms with E-state index in [1.165, 1.54) is 11.0 Å². The van der Waals surface area contributed by atoms with E-state index in [1.54, 1.807) is 24.4 Å². The van der Waals surface area contributed by atoms with E-state index in [0.29, 0.717) is 18.7 Å². The maximum atomic E-state index is 13.0. The van der Waals surface area contributed by atoms with Gasteiger partial charge in [0.2, 0.25) is 0 Å². The Balaban J connectivity index is 1.79. The molecule has 166 valence electrons. The summed E-state index contributed by atoms with van der Waals surface area (Å²) in [6.45, 7) is 2.21. The first kappa shape index (κ1) is 22.9. The first-order valence-corrected chi connectivity index (χ1v) is 10.4. The number of nitro groups is 1. The van der Waals surface area contributed by atoms with Gasteiger partial charge >= 0.3 is 0 Å². The molecule has 1 atom stereocenters. The second-order valence-corrected chi connectivity index (χ2v) is 7.36. The molecule has 0 saturated heterocycles. The Morgan fingerprint density at radius 3 is 2.53 bits per heavy atom. The fourth-order valence-corrected chi connectivity index (χ4v) is 3.40. The highest BCUT2D eigenvalue weighted by molar-refractivity contribution is 5.95. The van der Waals surface area contributed by atoms with Crippen LogP contribution in [0.25, 0.3) is 0 Å². The number of aliphatic hydroxyl groups excluding tert-OH is 1. The van der Waals surface area contributed by atoms with Crippen molar-refractivity contribution in [2.75, 3.05) is 25.0 Å². The largest absolute Gasteiger partial charge is 0.395 e. The highest BCUT2D eigenvalue weighted by atomic mass is 16.6. The normalized spacial score (nSPS) is 11.6. The molecule has 1 unspecified atom stereocenters. The molecule has 0 radical (unpaired) electrons. The van der Waals surface area contributed by atoms with Crippen LogP contribution < -0.4 is 5.32 Å². The van der Waals surface area contributed by atoms with Crippen molar-refractivity contribution in [3.8, 4) is 0 Å². The van der Waals surface area contributed by atoms with Gasteiger partial charge in [0.25, 0.3) is 11.6 Å². The third-order valence-electron chi connectivity index (χ3n) is 5.12. The van der Waals surface area contributed by atoms with Crippen molar-refractivity contribution in [2.45, 2.75) is 19.4 Å². The van der Waals surface area contributed by atoms with Gasteiger partial charge in [-0.25, -0.2) is 0 Å². The number of nitrogens with zero attached hydrogens (tertiary/aromatic N) is 3. The molecule has 0 saturated carbocycles. The molecule has 1 amide bonds. The number of aromatic nitrogens is 1. The maximum absolute atomic E-state index is 13.0. The molecule has 0 fully saturated rings. The minimum atomic E-state index is -0.509. The SMILES string of the molecule is CC(Nc1ccc(C(=O)N(CCO)CCc2ccccc2)cc1[N+](=O)[O-])c1ccccn1. The van der Waals surface area contributed by atoms with Gasteiger partial charge in [0.1, 0.15) is 5.69 Å². The highest BCUT2D eigenvalue weighted by Gasteiger charge is 2.22. The van der Waals surface area contributed by atoms with Crippen LogP contribution in [0.15, 0.2) is 72.9 Å². The molecule has 8 heteroatoms. The Morgan fingerprint density at radius 1 is 1.12 bits per heavy atom. The third-order valence-corrected chi connectivity index (χ3v) is 5.12. The van der Waals surface area contributed by atoms with Gasteiger partial charge in [-0.15, -0.1) is 0 Å². The lowest BCUT2D eigenvalue weighted by Crippen LogP contribution is -2.35. The Kier molecular flexibility index (Phi) is 7.88. The molecule has 8 nitrogen and oxygen atoms in total. The van der Waals surface area contributed by atoms with Crippen molar-refractivity contribution in [1.82, 2.24) is 9.88 Å². The topological polar surface area (TPSA) is 109 Å². The molecule has 0 aliphatic heterocycles. The average molecular weight is 434 g/mol. The standard InChI is InChI=1S/C24H26N4O4/c1-18(21-9-5-6-13-25-21)26-22-11-10-20(17-23(22)28(31)32)24(30)27(15-16-29)14-12-19-7-3-2-4-8-19/h2-11,13,17-18,26,29H,12,14-16H2,1H3. The lowest BCUT2D eigenvalue weighted by molar-refractivity contribution is -0.384. The lowest BCUT2D eigenvalue weighted by atomic mass is 10.1. The smallest absolute Gasteiger partial charge is 0.293 e. The minimum absolute atomic E-state index is 0.149. The Hall–Kier alpha value is -3.78. The van der Waals surface area contributed by atoms with Crippen molar-refractivity contribution in [3.63, 3.8) is 0 Å². The number of pyridine rings is 1. The number of hydrogen-bond donors (Lipinski definition) is 2. The molecular formula is C24H26N4O4. The summed E-state index contributed by atoms with van der Waals surface area (Å²) in [6, 6.07) is 19.3. The van der Waals surface area contributed by atoms with Gasteiger partial charge in [-0.05, 0) is 43.2 Å². The van der Waals surface area contributed by atoms with Crippen molar-refractivity contribution >= 4 is 17.3 Å². The van der Waals surface area contributed by atoms with Crippen LogP contribution in [0, 0.1) is 10.1 Å². The number of hydrogen-bond acceptors (Lipinski definition) is 6. The van der Waals surface area contributed by atoms with Crippen molar-refractivity contribution in [1.29, 1.82) is 0 Å². The molecule has 2 N–H and O–H groups in total. The van der Waals surface area contributed by atoms with E-state index in [9.17, 15) is 20.0 Å². The Morgan fingerprint density at radius 2 is 1.88 bits per heavy atom. The molecule has 32 heavy (non-hydrogen) atoms. The van der Waals surface area contributed by atoms with Crippen LogP contribution in [0.5, 0.6) is 0 Å². The van der Waals surface area contributed by atoms with E-state index in [4.69, 9.17) is 0 Å². The van der Waals surface area contributed by atoms with Crippen molar-refractivity contribution < 1.29 is 14.8 Å². The zero-order valence-electron chi connectivity index (χ0n) is 17.8. The number of nitrogens with one attached hydrogen (secondary N) is 1. The summed E-state index contributed by atoms with van der Waals surface area (Å²) in [6.07, 6.45) is 2.28. The Labute approximate surface area is 186 Å². The summed E-state index contributed by atoms with van der Waals surface area (Å²) in [4.78, 5) is 30.0. The van der Waals surface area contributed by atoms with Gasteiger partial charge in [-0.1, -0.05) is 36.4 Å². The number of benzene rings is 2. The minimum Gasteiger partial charge on any atom is -0.395 e. The van der Waals surface area contributed by atoms with E-state index < -0.39 is 4.92 Å². The molecular weight excluding hydrogens is 408 g/mol. The third kappa shape index (κ3) is 5.89. The second-order valence-electron chi connectivity index (χ2n) is 7.36. The number of rotatable bonds is 10. The summed E-state index contributed by atoms with van der Waals surface area (Å²) < 4.78 is 0. The van der Waals surface area contributed by atoms with Crippen molar-refractivity contribution in [3.05, 3.63) is 99.9 Å². The quantitative estimate of drug-likeness (QED) is 0.371. The predicted molar refractivity (Wildman–Crippen MR) is 123 cm³/mol. The van der Waals surface area contributed by atoms with Crippen LogP contribution in [0.1, 0.15) is 34.6 Å². The zero-order chi connectivity index (χ0) is 22.9. The van der Waals surface area contributed by atoms with Gasteiger partial charge in [-0.2, -0.15) is 0 Å². The summed E-state index contributed by atoms with van der Waals surface area (Å²) in [5.41, 5.74) is 2.14. The van der Waals surface area contributed by atoms with Gasteiger partial charge < -0.3 is 15.3 Å². The summed E-state index contributed by atoms with van der Waals surface area (Å²) >= 11 is 0. The number of carbonyl (C=O) groups excluding carboxylic acids is 1. The number of anilines is 1. The predicted octanol–water partition coefficient (Wildman–Crippen LogP) is 3.84. The van der Waals surface area contributed by atoms with Crippen LogP contribution in [-0.2, 0) is 6.42 Å². The van der Waals surface area contributed by atoms with E-state index >= 15 is 0 Å². The molecule has 2 aromatic carbocycles. The Bertz CT molecular complexity index is 1040. The lowest BCUT2D eigenvalue weighted by Gasteiger charge is -2.22. The zero-order valence-corrected chi connectivity index (χ0v) is 17.8. The second kappa shape index (κ2) is 11.0. The molecule has 0 spiro atoms. The summed E-state index contributed by atoms with van der Waals surface area (Å²) in [5, 5.41) is 24.2. The molecule has 0 aliphatic rings. The monoisotopic (exact) mass is 434 g/mol. The number of carbonyl (C=O) groups is 1. The van der Waals surface area contributed by atoms with E-state index in [0.717, 1.165) is 11.3 Å². The number of amides is 1. The highest BCUT2D eigenvalue weighted by Crippen LogP contribution is 2.29. The number of nitro benzene ring substituents is 1. The fraction of sp³-hybridized carbons (Fsp3) is 0.250. The van der Waals surface area contributed by atoms with Crippen LogP contribution >= 0.6 is 0 Å². The van der Waals surface area contributed by atoms with Gasteiger partial charge in [0.05, 0.1) is 23.3 Å².